The average Bonchev–Trinajstić information content (AvgIpc) is 3.26. The van der Waals surface area contributed by atoms with Crippen LogP contribution in [0, 0.1) is 0 Å². The van der Waals surface area contributed by atoms with Crippen LogP contribution in [0.1, 0.15) is 60.1 Å². The Labute approximate surface area is 154 Å². The molecule has 1 aliphatic rings. The summed E-state index contributed by atoms with van der Waals surface area (Å²) in [5.41, 5.74) is 4.52. The maximum Gasteiger partial charge on any atom is 0.223 e. The highest BCUT2D eigenvalue weighted by Gasteiger charge is 2.19. The van der Waals surface area contributed by atoms with Crippen LogP contribution in [-0.4, -0.2) is 22.7 Å². The van der Waals surface area contributed by atoms with Gasteiger partial charge in [0.05, 0.1) is 17.7 Å². The van der Waals surface area contributed by atoms with Crippen LogP contribution in [0.15, 0.2) is 35.0 Å². The first kappa shape index (κ1) is 18.2. The van der Waals surface area contributed by atoms with Crippen molar-refractivity contribution in [1.29, 1.82) is 0 Å². The number of fused-ring (bicyclic) bond motifs is 1. The van der Waals surface area contributed by atoms with Crippen LogP contribution in [0.2, 0.25) is 0 Å². The molecular weight excluding hydrogens is 328 g/mol. The van der Waals surface area contributed by atoms with E-state index in [-0.39, 0.29) is 11.6 Å². The van der Waals surface area contributed by atoms with Gasteiger partial charge in [-0.3, -0.25) is 4.79 Å². The van der Waals surface area contributed by atoms with Crippen molar-refractivity contribution in [2.24, 2.45) is 7.05 Å². The fourth-order valence-electron chi connectivity index (χ4n) is 3.51. The Kier molecular flexibility index (Phi) is 5.76. The van der Waals surface area contributed by atoms with Gasteiger partial charge in [0.25, 0.3) is 0 Å². The molecule has 2 aromatic heterocycles. The summed E-state index contributed by atoms with van der Waals surface area (Å²) in [5, 5.41) is 3.36. The van der Waals surface area contributed by atoms with Crippen LogP contribution in [0.4, 0.5) is 0 Å². The molecule has 1 aliphatic carbocycles. The molecule has 0 saturated carbocycles. The lowest BCUT2D eigenvalue weighted by Gasteiger charge is -2.15. The van der Waals surface area contributed by atoms with E-state index in [0.29, 0.717) is 18.7 Å². The maximum atomic E-state index is 12.5. The first-order valence-corrected chi connectivity index (χ1v) is 9.27. The Bertz CT molecular complexity index is 813. The van der Waals surface area contributed by atoms with E-state index in [1.54, 1.807) is 25.1 Å². The Morgan fingerprint density at radius 2 is 2.12 bits per heavy atom. The molecule has 2 aromatic rings. The monoisotopic (exact) mass is 354 g/mol. The number of allylic oxidation sites excluding steroid dienone is 1. The molecule has 1 N–H and O–H groups in total. The summed E-state index contributed by atoms with van der Waals surface area (Å²) < 4.78 is 7.42. The predicted molar refractivity (Wildman–Crippen MR) is 101 cm³/mol. The molecule has 0 atom stereocenters. The molecule has 0 saturated heterocycles. The van der Waals surface area contributed by atoms with E-state index in [1.807, 2.05) is 0 Å². The standard InChI is InChI=1S/C21H26N2O3/c1-15(24)7-5-11-22-17(14-20(25)21-10-6-12-26-21)19-13-16-8-3-4-9-18(16)23(19)2/h6,10,12-14,22H,3-5,7-9,11H2,1-2H3/b17-14-. The molecule has 0 amide bonds. The van der Waals surface area contributed by atoms with Crippen molar-refractivity contribution < 1.29 is 14.0 Å². The van der Waals surface area contributed by atoms with Gasteiger partial charge < -0.3 is 19.1 Å². The highest BCUT2D eigenvalue weighted by molar-refractivity contribution is 6.06. The minimum Gasteiger partial charge on any atom is -0.461 e. The highest BCUT2D eigenvalue weighted by Crippen LogP contribution is 2.27. The number of aryl methyl sites for hydroxylation is 1. The normalized spacial score (nSPS) is 14.2. The van der Waals surface area contributed by atoms with Crippen LogP contribution >= 0.6 is 0 Å². The topological polar surface area (TPSA) is 64.2 Å². The Hall–Kier alpha value is -2.56. The SMILES string of the molecule is CC(=O)CCCN/C(=C\C(=O)c1ccco1)c1cc2c(n1C)CCCC2. The summed E-state index contributed by atoms with van der Waals surface area (Å²) in [6.07, 6.45) is 8.98. The van der Waals surface area contributed by atoms with Crippen molar-refractivity contribution in [3.8, 4) is 0 Å². The zero-order chi connectivity index (χ0) is 18.5. The molecule has 5 nitrogen and oxygen atoms in total. The Balaban J connectivity index is 1.86. The average molecular weight is 354 g/mol. The van der Waals surface area contributed by atoms with E-state index >= 15 is 0 Å². The second-order valence-electron chi connectivity index (χ2n) is 6.90. The van der Waals surface area contributed by atoms with Crippen LogP contribution in [0.25, 0.3) is 5.70 Å². The van der Waals surface area contributed by atoms with Gasteiger partial charge in [0.15, 0.2) is 5.76 Å². The van der Waals surface area contributed by atoms with E-state index < -0.39 is 0 Å². The molecule has 0 fully saturated rings. The van der Waals surface area contributed by atoms with Gasteiger partial charge in [-0.25, -0.2) is 0 Å². The molecule has 0 aliphatic heterocycles. The molecular formula is C21H26N2O3. The van der Waals surface area contributed by atoms with Crippen LogP contribution in [-0.2, 0) is 24.7 Å². The number of carbonyl (C=O) groups excluding carboxylic acids is 2. The number of nitrogens with one attached hydrogen (secondary N) is 1. The summed E-state index contributed by atoms with van der Waals surface area (Å²) in [7, 11) is 2.06. The lowest BCUT2D eigenvalue weighted by molar-refractivity contribution is -0.117. The molecule has 138 valence electrons. The van der Waals surface area contributed by atoms with Crippen molar-refractivity contribution in [1.82, 2.24) is 9.88 Å². The van der Waals surface area contributed by atoms with Crippen molar-refractivity contribution in [2.75, 3.05) is 6.54 Å². The van der Waals surface area contributed by atoms with Gasteiger partial charge in [0, 0.05) is 31.8 Å². The summed E-state index contributed by atoms with van der Waals surface area (Å²) in [4.78, 5) is 23.7. The first-order chi connectivity index (χ1) is 12.6. The highest BCUT2D eigenvalue weighted by atomic mass is 16.3. The number of Topliss-reactive ketones (excluding diaryl/α,β-unsaturated/α-hetero) is 1. The lowest BCUT2D eigenvalue weighted by atomic mass is 9.98. The smallest absolute Gasteiger partial charge is 0.223 e. The quantitative estimate of drug-likeness (QED) is 0.446. The van der Waals surface area contributed by atoms with Gasteiger partial charge in [-0.1, -0.05) is 0 Å². The van der Waals surface area contributed by atoms with Gasteiger partial charge in [0.1, 0.15) is 5.78 Å². The number of furan rings is 1. The third kappa shape index (κ3) is 4.15. The van der Waals surface area contributed by atoms with Gasteiger partial charge >= 0.3 is 0 Å². The van der Waals surface area contributed by atoms with Crippen LogP contribution in [0.3, 0.4) is 0 Å². The minimum atomic E-state index is -0.164. The molecule has 0 aromatic carbocycles. The number of carbonyl (C=O) groups is 2. The summed E-state index contributed by atoms with van der Waals surface area (Å²) in [6, 6.07) is 5.57. The van der Waals surface area contributed by atoms with Crippen molar-refractivity contribution >= 4 is 17.3 Å². The zero-order valence-electron chi connectivity index (χ0n) is 15.5. The van der Waals surface area contributed by atoms with Gasteiger partial charge in [-0.05, 0) is 62.8 Å². The predicted octanol–water partition coefficient (Wildman–Crippen LogP) is 3.68. The minimum absolute atomic E-state index is 0.164. The number of ketones is 2. The Morgan fingerprint density at radius 3 is 2.81 bits per heavy atom. The molecule has 2 heterocycles. The van der Waals surface area contributed by atoms with Gasteiger partial charge in [0.2, 0.25) is 5.78 Å². The van der Waals surface area contributed by atoms with Crippen molar-refractivity contribution in [2.45, 2.75) is 45.4 Å². The number of hydrogen-bond donors (Lipinski definition) is 1. The third-order valence-corrected chi connectivity index (χ3v) is 4.89. The number of aromatic nitrogens is 1. The van der Waals surface area contributed by atoms with Crippen LogP contribution in [0.5, 0.6) is 0 Å². The van der Waals surface area contributed by atoms with E-state index in [1.165, 1.54) is 30.4 Å². The molecule has 5 heteroatoms. The first-order valence-electron chi connectivity index (χ1n) is 9.27. The second-order valence-corrected chi connectivity index (χ2v) is 6.90. The van der Waals surface area contributed by atoms with Gasteiger partial charge in [-0.15, -0.1) is 0 Å². The summed E-state index contributed by atoms with van der Waals surface area (Å²) >= 11 is 0. The lowest BCUT2D eigenvalue weighted by Crippen LogP contribution is -2.18. The molecule has 0 bridgehead atoms. The molecule has 0 radical (unpaired) electrons. The second kappa shape index (κ2) is 8.21. The van der Waals surface area contributed by atoms with E-state index in [2.05, 4.69) is 23.0 Å². The molecule has 26 heavy (non-hydrogen) atoms. The molecule has 0 spiro atoms. The molecule has 0 unspecified atom stereocenters. The Morgan fingerprint density at radius 1 is 1.31 bits per heavy atom. The van der Waals surface area contributed by atoms with Gasteiger partial charge in [-0.2, -0.15) is 0 Å². The molecule has 3 rings (SSSR count). The fourth-order valence-corrected chi connectivity index (χ4v) is 3.51. The largest absolute Gasteiger partial charge is 0.461 e. The summed E-state index contributed by atoms with van der Waals surface area (Å²) in [5.74, 6) is 0.341. The van der Waals surface area contributed by atoms with Crippen molar-refractivity contribution in [3.63, 3.8) is 0 Å². The van der Waals surface area contributed by atoms with Crippen LogP contribution < -0.4 is 5.32 Å². The summed E-state index contributed by atoms with van der Waals surface area (Å²) in [6.45, 7) is 2.25. The fraction of sp³-hybridized carbons (Fsp3) is 0.429. The van der Waals surface area contributed by atoms with E-state index in [0.717, 1.165) is 30.7 Å². The zero-order valence-corrected chi connectivity index (χ0v) is 15.5. The third-order valence-electron chi connectivity index (χ3n) is 4.89. The van der Waals surface area contributed by atoms with Crippen molar-refractivity contribution in [3.05, 3.63) is 53.2 Å². The van der Waals surface area contributed by atoms with E-state index in [4.69, 9.17) is 4.42 Å². The van der Waals surface area contributed by atoms with E-state index in [9.17, 15) is 9.59 Å². The maximum absolute atomic E-state index is 12.5. The number of nitrogens with zero attached hydrogens (tertiary/aromatic N) is 1. The number of hydrogen-bond acceptors (Lipinski definition) is 4. The number of rotatable bonds is 8.